The fourth-order valence-electron chi connectivity index (χ4n) is 2.95. The number of nitrogens with zero attached hydrogens (tertiary/aromatic N) is 3. The minimum Gasteiger partial charge on any atom is -0.338 e. The molecule has 0 radical (unpaired) electrons. The van der Waals surface area contributed by atoms with Gasteiger partial charge < -0.3 is 4.90 Å². The van der Waals surface area contributed by atoms with Crippen LogP contribution in [0.4, 0.5) is 8.78 Å². The van der Waals surface area contributed by atoms with Gasteiger partial charge in [0.05, 0.1) is 5.69 Å². The molecule has 1 aromatic heterocycles. The van der Waals surface area contributed by atoms with Crippen molar-refractivity contribution in [3.63, 3.8) is 0 Å². The van der Waals surface area contributed by atoms with E-state index in [4.69, 9.17) is 0 Å². The van der Waals surface area contributed by atoms with Crippen LogP contribution < -0.4 is 4.72 Å². The second-order valence-corrected chi connectivity index (χ2v) is 8.78. The van der Waals surface area contributed by atoms with Crippen LogP contribution in [0, 0.1) is 24.5 Å². The van der Waals surface area contributed by atoms with Gasteiger partial charge in [-0.25, -0.2) is 21.9 Å². The summed E-state index contributed by atoms with van der Waals surface area (Å²) in [5.41, 5.74) is 0.590. The van der Waals surface area contributed by atoms with Crippen molar-refractivity contribution >= 4 is 27.5 Å². The van der Waals surface area contributed by atoms with Crippen LogP contribution in [-0.4, -0.2) is 48.4 Å². The molecule has 1 aliphatic heterocycles. The highest BCUT2D eigenvalue weighted by Gasteiger charge is 2.28. The van der Waals surface area contributed by atoms with Crippen LogP contribution in [0.2, 0.25) is 0 Å². The molecular weight excluding hydrogens is 398 g/mol. The molecule has 0 aliphatic carbocycles. The molecule has 1 N–H and O–H groups in total. The molecule has 0 saturated carbocycles. The summed E-state index contributed by atoms with van der Waals surface area (Å²) in [5, 5.41) is 3.83. The molecule has 11 heteroatoms. The number of hydrogen-bond donors (Lipinski definition) is 1. The largest absolute Gasteiger partial charge is 0.338 e. The fourth-order valence-corrected chi connectivity index (χ4v) is 4.82. The molecule has 2 aromatic rings. The first-order valence-electron chi connectivity index (χ1n) is 8.31. The number of nitrogens with one attached hydrogen (secondary N) is 1. The summed E-state index contributed by atoms with van der Waals surface area (Å²) in [6.07, 6.45) is 1.17. The van der Waals surface area contributed by atoms with E-state index in [0.29, 0.717) is 36.5 Å². The number of piperidine rings is 1. The van der Waals surface area contributed by atoms with Gasteiger partial charge in [0.15, 0.2) is 4.90 Å². The minimum absolute atomic E-state index is 0.0284. The summed E-state index contributed by atoms with van der Waals surface area (Å²) >= 11 is 1.05. The van der Waals surface area contributed by atoms with Gasteiger partial charge in [-0.15, -0.1) is 5.10 Å². The van der Waals surface area contributed by atoms with Crippen molar-refractivity contribution in [2.45, 2.75) is 24.7 Å². The number of aromatic nitrogens is 2. The molecule has 3 rings (SSSR count). The Hall–Kier alpha value is -1.98. The lowest BCUT2D eigenvalue weighted by molar-refractivity contribution is 0.0696. The van der Waals surface area contributed by atoms with Crippen LogP contribution in [0.3, 0.4) is 0 Å². The van der Waals surface area contributed by atoms with E-state index >= 15 is 0 Å². The summed E-state index contributed by atoms with van der Waals surface area (Å²) in [4.78, 5) is 13.6. The van der Waals surface area contributed by atoms with Gasteiger partial charge in [-0.3, -0.25) is 4.79 Å². The first kappa shape index (κ1) is 19.8. The van der Waals surface area contributed by atoms with Gasteiger partial charge >= 0.3 is 0 Å². The van der Waals surface area contributed by atoms with E-state index in [9.17, 15) is 22.0 Å². The van der Waals surface area contributed by atoms with Gasteiger partial charge in [0.1, 0.15) is 16.5 Å². The maximum Gasteiger partial charge on any atom is 0.267 e. The van der Waals surface area contributed by atoms with Crippen LogP contribution in [0.15, 0.2) is 23.1 Å². The quantitative estimate of drug-likeness (QED) is 0.804. The number of hydrogen-bond acceptors (Lipinski definition) is 6. The molecule has 0 unspecified atom stereocenters. The Bertz CT molecular complexity index is 921. The Kier molecular flexibility index (Phi) is 5.82. The molecule has 2 heterocycles. The second kappa shape index (κ2) is 7.95. The lowest BCUT2D eigenvalue weighted by Gasteiger charge is -2.31. The van der Waals surface area contributed by atoms with E-state index in [0.717, 1.165) is 29.7 Å². The van der Waals surface area contributed by atoms with Crippen molar-refractivity contribution in [2.75, 3.05) is 19.6 Å². The average Bonchev–Trinajstić information content (AvgIpc) is 3.05. The van der Waals surface area contributed by atoms with E-state index in [1.165, 1.54) is 0 Å². The van der Waals surface area contributed by atoms with Crippen molar-refractivity contribution in [1.29, 1.82) is 0 Å². The van der Waals surface area contributed by atoms with E-state index in [2.05, 4.69) is 14.3 Å². The third-order valence-corrected chi connectivity index (χ3v) is 6.79. The fraction of sp³-hybridized carbons (Fsp3) is 0.438. The number of carbonyl (C=O) groups excluding carboxylic acids is 1. The van der Waals surface area contributed by atoms with Gasteiger partial charge in [-0.2, -0.15) is 0 Å². The molecule has 0 bridgehead atoms. The van der Waals surface area contributed by atoms with Crippen LogP contribution in [0.5, 0.6) is 0 Å². The Balaban J connectivity index is 1.57. The molecule has 0 atom stereocenters. The summed E-state index contributed by atoms with van der Waals surface area (Å²) in [7, 11) is -4.29. The van der Waals surface area contributed by atoms with E-state index in [1.54, 1.807) is 11.8 Å². The molecule has 0 spiro atoms. The zero-order chi connectivity index (χ0) is 19.6. The lowest BCUT2D eigenvalue weighted by Crippen LogP contribution is -2.41. The molecule has 1 aromatic carbocycles. The molecular formula is C16H18F2N4O3S2. The summed E-state index contributed by atoms with van der Waals surface area (Å²) in [6.45, 7) is 2.71. The van der Waals surface area contributed by atoms with Crippen LogP contribution >= 0.6 is 11.5 Å². The Labute approximate surface area is 159 Å². The third-order valence-electron chi connectivity index (χ3n) is 4.50. The molecule has 1 aliphatic rings. The van der Waals surface area contributed by atoms with Crippen molar-refractivity contribution in [3.05, 3.63) is 40.4 Å². The molecule has 1 amide bonds. The number of aryl methyl sites for hydroxylation is 1. The predicted molar refractivity (Wildman–Crippen MR) is 94.8 cm³/mol. The minimum atomic E-state index is -4.29. The zero-order valence-electron chi connectivity index (χ0n) is 14.5. The molecule has 1 saturated heterocycles. The SMILES string of the molecule is Cc1nnsc1C(=O)N1CCC(CNS(=O)(=O)c2c(F)cccc2F)CC1. The van der Waals surface area contributed by atoms with Crippen molar-refractivity contribution < 1.29 is 22.0 Å². The first-order valence-corrected chi connectivity index (χ1v) is 10.6. The Morgan fingerprint density at radius 2 is 1.93 bits per heavy atom. The highest BCUT2D eigenvalue weighted by molar-refractivity contribution is 7.89. The van der Waals surface area contributed by atoms with Gasteiger partial charge in [-0.1, -0.05) is 10.6 Å². The van der Waals surface area contributed by atoms with Crippen molar-refractivity contribution in [2.24, 2.45) is 5.92 Å². The standard InChI is InChI=1S/C16H18F2N4O3S2/c1-10-14(26-21-20-10)16(23)22-7-5-11(6-8-22)9-19-27(24,25)15-12(17)3-2-4-13(15)18/h2-4,11,19H,5-9H2,1H3. The van der Waals surface area contributed by atoms with Crippen LogP contribution in [0.25, 0.3) is 0 Å². The maximum absolute atomic E-state index is 13.7. The van der Waals surface area contributed by atoms with E-state index in [-0.39, 0.29) is 18.4 Å². The summed E-state index contributed by atoms with van der Waals surface area (Å²) in [5.74, 6) is -2.41. The Morgan fingerprint density at radius 1 is 1.30 bits per heavy atom. The summed E-state index contributed by atoms with van der Waals surface area (Å²) in [6, 6.07) is 2.91. The highest BCUT2D eigenvalue weighted by atomic mass is 32.2. The van der Waals surface area contributed by atoms with E-state index < -0.39 is 26.6 Å². The number of likely N-dealkylation sites (tertiary alicyclic amines) is 1. The van der Waals surface area contributed by atoms with Gasteiger partial charge in [-0.05, 0) is 49.3 Å². The van der Waals surface area contributed by atoms with E-state index in [1.807, 2.05) is 0 Å². The number of benzene rings is 1. The predicted octanol–water partition coefficient (Wildman–Crippen LogP) is 1.96. The zero-order valence-corrected chi connectivity index (χ0v) is 16.1. The second-order valence-electron chi connectivity index (χ2n) is 6.33. The average molecular weight is 416 g/mol. The molecule has 146 valence electrons. The highest BCUT2D eigenvalue weighted by Crippen LogP contribution is 2.22. The van der Waals surface area contributed by atoms with Crippen molar-refractivity contribution in [1.82, 2.24) is 19.2 Å². The molecule has 7 nitrogen and oxygen atoms in total. The Morgan fingerprint density at radius 3 is 2.48 bits per heavy atom. The smallest absolute Gasteiger partial charge is 0.267 e. The maximum atomic E-state index is 13.7. The van der Waals surface area contributed by atoms with Crippen molar-refractivity contribution in [3.8, 4) is 0 Å². The van der Waals surface area contributed by atoms with Gasteiger partial charge in [0.2, 0.25) is 10.0 Å². The number of carbonyl (C=O) groups is 1. The topological polar surface area (TPSA) is 92.3 Å². The molecule has 1 fully saturated rings. The monoisotopic (exact) mass is 416 g/mol. The number of amides is 1. The van der Waals surface area contributed by atoms with Gasteiger partial charge in [0.25, 0.3) is 5.91 Å². The first-order chi connectivity index (χ1) is 12.8. The van der Waals surface area contributed by atoms with Gasteiger partial charge in [0, 0.05) is 19.6 Å². The van der Waals surface area contributed by atoms with Crippen LogP contribution in [0.1, 0.15) is 28.2 Å². The normalized spacial score (nSPS) is 15.9. The lowest BCUT2D eigenvalue weighted by atomic mass is 9.97. The third kappa shape index (κ3) is 4.30. The number of sulfonamides is 1. The number of rotatable bonds is 5. The number of halogens is 2. The molecule has 27 heavy (non-hydrogen) atoms. The summed E-state index contributed by atoms with van der Waals surface area (Å²) < 4.78 is 57.9. The van der Waals surface area contributed by atoms with Crippen LogP contribution in [-0.2, 0) is 10.0 Å².